The molecule has 1 aliphatic carbocycles. The molecule has 0 bridgehead atoms. The largest absolute Gasteiger partial charge is 0.469 e. The summed E-state index contributed by atoms with van der Waals surface area (Å²) in [7, 11) is 1.39. The number of carbonyl (C=O) groups is 2. The van der Waals surface area contributed by atoms with Gasteiger partial charge in [0.05, 0.1) is 13.2 Å². The van der Waals surface area contributed by atoms with E-state index in [-0.39, 0.29) is 41.9 Å². The number of carbonyl (C=O) groups excluding carboxylic acids is 2. The average molecular weight is 417 g/mol. The molecule has 1 N–H and O–H groups in total. The maximum absolute atomic E-state index is 13.7. The van der Waals surface area contributed by atoms with E-state index in [2.05, 4.69) is 17.7 Å². The van der Waals surface area contributed by atoms with Gasteiger partial charge in [0.25, 0.3) is 0 Å². The van der Waals surface area contributed by atoms with Crippen molar-refractivity contribution in [3.05, 3.63) is 60.0 Å². The molecule has 4 nitrogen and oxygen atoms in total. The highest BCUT2D eigenvalue weighted by molar-refractivity contribution is 5.89. The number of ketones is 1. The Bertz CT molecular complexity index is 755. The van der Waals surface area contributed by atoms with Crippen LogP contribution in [0.2, 0.25) is 0 Å². The number of ether oxygens (including phenoxy) is 1. The number of methoxy groups -OCH3 is 1. The van der Waals surface area contributed by atoms with Gasteiger partial charge in [0.15, 0.2) is 5.78 Å². The fraction of sp³-hybridized carbons (Fsp3) is 0.520. The summed E-state index contributed by atoms with van der Waals surface area (Å²) >= 11 is 0. The maximum Gasteiger partial charge on any atom is 0.305 e. The van der Waals surface area contributed by atoms with E-state index in [0.717, 1.165) is 25.7 Å². The fourth-order valence-corrected chi connectivity index (χ4v) is 4.14. The zero-order valence-corrected chi connectivity index (χ0v) is 17.9. The Hall–Kier alpha value is -2.27. The van der Waals surface area contributed by atoms with Crippen molar-refractivity contribution in [2.45, 2.75) is 58.0 Å². The number of halogens is 1. The second kappa shape index (κ2) is 12.4. The van der Waals surface area contributed by atoms with Crippen LogP contribution in [0.15, 0.2) is 48.6 Å². The van der Waals surface area contributed by atoms with Crippen molar-refractivity contribution < 1.29 is 23.8 Å². The molecule has 1 aromatic rings. The molecule has 1 fully saturated rings. The first kappa shape index (κ1) is 24.0. The van der Waals surface area contributed by atoms with Gasteiger partial charge in [-0.05, 0) is 67.6 Å². The molecule has 0 saturated heterocycles. The van der Waals surface area contributed by atoms with Crippen molar-refractivity contribution in [3.63, 3.8) is 0 Å². The van der Waals surface area contributed by atoms with Crippen LogP contribution in [-0.4, -0.2) is 30.1 Å². The molecule has 2 rings (SSSR count). The van der Waals surface area contributed by atoms with Crippen LogP contribution in [0.4, 0.5) is 4.39 Å². The molecule has 30 heavy (non-hydrogen) atoms. The number of benzene rings is 1. The molecule has 0 spiro atoms. The molecule has 0 radical (unpaired) electrons. The quantitative estimate of drug-likeness (QED) is 0.243. The molecule has 1 aromatic carbocycles. The first-order chi connectivity index (χ1) is 14.4. The summed E-state index contributed by atoms with van der Waals surface area (Å²) in [5.41, 5.74) is 0.555. The topological polar surface area (TPSA) is 63.6 Å². The molecule has 0 heterocycles. The van der Waals surface area contributed by atoms with Crippen LogP contribution in [0.5, 0.6) is 0 Å². The lowest BCUT2D eigenvalue weighted by atomic mass is 9.86. The smallest absolute Gasteiger partial charge is 0.305 e. The van der Waals surface area contributed by atoms with Crippen molar-refractivity contribution in [3.8, 4) is 0 Å². The number of hydrogen-bond donors (Lipinski definition) is 1. The number of rotatable bonds is 11. The minimum atomic E-state index is -0.386. The van der Waals surface area contributed by atoms with E-state index >= 15 is 0 Å². The van der Waals surface area contributed by atoms with Crippen LogP contribution in [0.3, 0.4) is 0 Å². The average Bonchev–Trinajstić information content (AvgIpc) is 3.00. The summed E-state index contributed by atoms with van der Waals surface area (Å²) < 4.78 is 18.3. The number of esters is 1. The van der Waals surface area contributed by atoms with Gasteiger partial charge in [-0.3, -0.25) is 9.59 Å². The number of aliphatic hydroxyl groups excluding tert-OH is 1. The normalized spacial score (nSPS) is 24.0. The fourth-order valence-electron chi connectivity index (χ4n) is 4.14. The Morgan fingerprint density at radius 2 is 2.00 bits per heavy atom. The van der Waals surface area contributed by atoms with Crippen molar-refractivity contribution >= 4 is 11.8 Å². The Kier molecular flexibility index (Phi) is 9.95. The molecule has 5 heteroatoms. The van der Waals surface area contributed by atoms with Gasteiger partial charge in [0.2, 0.25) is 0 Å². The summed E-state index contributed by atoms with van der Waals surface area (Å²) in [6.07, 6.45) is 11.3. The van der Waals surface area contributed by atoms with E-state index in [1.165, 1.54) is 13.2 Å². The molecule has 4 unspecified atom stereocenters. The van der Waals surface area contributed by atoms with Gasteiger partial charge in [0, 0.05) is 12.8 Å². The standard InChI is InChI=1S/C25H33FO4/c1-18-17-24(28)22(10-5-3-4-6-12-25(29)30-2)21(18)16-15-20(27)14-13-19-9-7-8-11-23(19)26/h3,5,7-9,11,15-16,18,21-22,24,28H,4,6,10,12-14,17H2,1-2H3/b5-3+,16-15+. The van der Waals surface area contributed by atoms with Gasteiger partial charge < -0.3 is 9.84 Å². The van der Waals surface area contributed by atoms with Crippen molar-refractivity contribution in [2.24, 2.45) is 17.8 Å². The summed E-state index contributed by atoms with van der Waals surface area (Å²) in [6.45, 7) is 2.10. The van der Waals surface area contributed by atoms with Crippen LogP contribution in [-0.2, 0) is 20.7 Å². The Balaban J connectivity index is 1.83. The number of aryl methyl sites for hydroxylation is 1. The van der Waals surface area contributed by atoms with Crippen LogP contribution in [0.25, 0.3) is 0 Å². The third-order valence-electron chi connectivity index (χ3n) is 5.92. The molecular formula is C25H33FO4. The van der Waals surface area contributed by atoms with Gasteiger partial charge in [-0.2, -0.15) is 0 Å². The zero-order valence-electron chi connectivity index (χ0n) is 17.9. The van der Waals surface area contributed by atoms with E-state index in [1.54, 1.807) is 24.3 Å². The predicted octanol–water partition coefficient (Wildman–Crippen LogP) is 4.81. The number of allylic oxidation sites excluding steroid dienone is 4. The molecular weight excluding hydrogens is 383 g/mol. The van der Waals surface area contributed by atoms with E-state index in [1.807, 2.05) is 12.2 Å². The monoisotopic (exact) mass is 416 g/mol. The van der Waals surface area contributed by atoms with Crippen molar-refractivity contribution in [2.75, 3.05) is 7.11 Å². The van der Waals surface area contributed by atoms with E-state index in [4.69, 9.17) is 0 Å². The van der Waals surface area contributed by atoms with Gasteiger partial charge in [0.1, 0.15) is 5.82 Å². The van der Waals surface area contributed by atoms with Gasteiger partial charge in [-0.1, -0.05) is 43.4 Å². The molecule has 0 amide bonds. The van der Waals surface area contributed by atoms with Crippen LogP contribution >= 0.6 is 0 Å². The molecule has 0 aliphatic heterocycles. The third-order valence-corrected chi connectivity index (χ3v) is 5.92. The van der Waals surface area contributed by atoms with Gasteiger partial charge >= 0.3 is 5.97 Å². The molecule has 1 saturated carbocycles. The second-order valence-corrected chi connectivity index (χ2v) is 8.11. The minimum absolute atomic E-state index is 0.0241. The van der Waals surface area contributed by atoms with Crippen LogP contribution in [0.1, 0.15) is 51.0 Å². The first-order valence-corrected chi connectivity index (χ1v) is 10.8. The Labute approximate surface area is 178 Å². The molecule has 4 atom stereocenters. The zero-order chi connectivity index (χ0) is 21.9. The van der Waals surface area contributed by atoms with Crippen molar-refractivity contribution in [1.29, 1.82) is 0 Å². The predicted molar refractivity (Wildman–Crippen MR) is 115 cm³/mol. The molecule has 0 aromatic heterocycles. The Morgan fingerprint density at radius 1 is 1.23 bits per heavy atom. The number of aliphatic hydroxyl groups is 1. The van der Waals surface area contributed by atoms with E-state index in [0.29, 0.717) is 24.3 Å². The lowest BCUT2D eigenvalue weighted by Gasteiger charge is -2.19. The lowest BCUT2D eigenvalue weighted by molar-refractivity contribution is -0.140. The van der Waals surface area contributed by atoms with Crippen LogP contribution in [0, 0.1) is 23.6 Å². The minimum Gasteiger partial charge on any atom is -0.469 e. The van der Waals surface area contributed by atoms with Gasteiger partial charge in [-0.15, -0.1) is 0 Å². The van der Waals surface area contributed by atoms with Gasteiger partial charge in [-0.25, -0.2) is 4.39 Å². The lowest BCUT2D eigenvalue weighted by Crippen LogP contribution is -2.18. The van der Waals surface area contributed by atoms with E-state index < -0.39 is 0 Å². The van der Waals surface area contributed by atoms with Crippen molar-refractivity contribution in [1.82, 2.24) is 0 Å². The summed E-state index contributed by atoms with van der Waals surface area (Å²) in [6, 6.07) is 6.52. The third kappa shape index (κ3) is 7.52. The highest BCUT2D eigenvalue weighted by Crippen LogP contribution is 2.40. The number of unbranched alkanes of at least 4 members (excludes halogenated alkanes) is 1. The SMILES string of the molecule is COC(=O)CCC/C=C/CC1C(O)CC(C)C1/C=C/C(=O)CCc1ccccc1F. The van der Waals surface area contributed by atoms with E-state index in [9.17, 15) is 19.1 Å². The Morgan fingerprint density at radius 3 is 2.73 bits per heavy atom. The second-order valence-electron chi connectivity index (χ2n) is 8.11. The molecule has 164 valence electrons. The maximum atomic E-state index is 13.7. The highest BCUT2D eigenvalue weighted by atomic mass is 19.1. The first-order valence-electron chi connectivity index (χ1n) is 10.8. The summed E-state index contributed by atoms with van der Waals surface area (Å²) in [5.74, 6) is 0.00968. The number of hydrogen-bond acceptors (Lipinski definition) is 4. The summed E-state index contributed by atoms with van der Waals surface area (Å²) in [5, 5.41) is 10.4. The molecule has 1 aliphatic rings. The highest BCUT2D eigenvalue weighted by Gasteiger charge is 2.37. The summed E-state index contributed by atoms with van der Waals surface area (Å²) in [4.78, 5) is 23.4. The van der Waals surface area contributed by atoms with Crippen LogP contribution < -0.4 is 0 Å².